The molecule has 0 saturated heterocycles. The molecule has 0 spiro atoms. The average Bonchev–Trinajstić information content (AvgIpc) is 3.29. The first kappa shape index (κ1) is 18.7. The van der Waals surface area contributed by atoms with E-state index in [1.54, 1.807) is 36.0 Å². The van der Waals surface area contributed by atoms with Gasteiger partial charge in [-0.3, -0.25) is 4.72 Å². The van der Waals surface area contributed by atoms with E-state index in [9.17, 15) is 8.42 Å². The van der Waals surface area contributed by atoms with Gasteiger partial charge in [0, 0.05) is 30.1 Å². The SMILES string of the molecule is COc1ccc(OC)c(S(=O)(=O)Nc2ccccc2-c2cn3c(n2)SCC3)c1. The summed E-state index contributed by atoms with van der Waals surface area (Å²) in [7, 11) is -0.996. The minimum Gasteiger partial charge on any atom is -0.497 e. The predicted molar refractivity (Wildman–Crippen MR) is 109 cm³/mol. The van der Waals surface area contributed by atoms with Crippen LogP contribution in [-0.4, -0.2) is 37.9 Å². The van der Waals surface area contributed by atoms with E-state index in [2.05, 4.69) is 14.3 Å². The Morgan fingerprint density at radius 2 is 1.96 bits per heavy atom. The molecule has 146 valence electrons. The van der Waals surface area contributed by atoms with Crippen molar-refractivity contribution >= 4 is 27.5 Å². The zero-order chi connectivity index (χ0) is 19.7. The quantitative estimate of drug-likeness (QED) is 0.661. The summed E-state index contributed by atoms with van der Waals surface area (Å²) in [6.07, 6.45) is 1.95. The van der Waals surface area contributed by atoms with Gasteiger partial charge in [0.2, 0.25) is 0 Å². The zero-order valence-corrected chi connectivity index (χ0v) is 17.0. The fraction of sp³-hybridized carbons (Fsp3) is 0.211. The number of benzene rings is 2. The largest absolute Gasteiger partial charge is 0.497 e. The summed E-state index contributed by atoms with van der Waals surface area (Å²) in [5, 5.41) is 0.946. The molecular weight excluding hydrogens is 398 g/mol. The highest BCUT2D eigenvalue weighted by Gasteiger charge is 2.23. The maximum atomic E-state index is 13.1. The summed E-state index contributed by atoms with van der Waals surface area (Å²) in [6, 6.07) is 11.9. The maximum Gasteiger partial charge on any atom is 0.265 e. The lowest BCUT2D eigenvalue weighted by Gasteiger charge is -2.14. The van der Waals surface area contributed by atoms with E-state index < -0.39 is 10.0 Å². The number of anilines is 1. The molecule has 0 unspecified atom stereocenters. The Bertz CT molecular complexity index is 1100. The molecule has 0 radical (unpaired) electrons. The number of imidazole rings is 1. The molecule has 3 aromatic rings. The topological polar surface area (TPSA) is 82.5 Å². The van der Waals surface area contributed by atoms with Crippen LogP contribution in [0.2, 0.25) is 0 Å². The van der Waals surface area contributed by atoms with Crippen molar-refractivity contribution < 1.29 is 17.9 Å². The highest BCUT2D eigenvalue weighted by molar-refractivity contribution is 7.99. The van der Waals surface area contributed by atoms with Crippen molar-refractivity contribution in [3.8, 4) is 22.8 Å². The van der Waals surface area contributed by atoms with Crippen LogP contribution >= 0.6 is 11.8 Å². The van der Waals surface area contributed by atoms with Crippen LogP contribution < -0.4 is 14.2 Å². The number of hydrogen-bond donors (Lipinski definition) is 1. The number of thioether (sulfide) groups is 1. The predicted octanol–water partition coefficient (Wildman–Crippen LogP) is 3.47. The summed E-state index contributed by atoms with van der Waals surface area (Å²) in [6.45, 7) is 0.905. The van der Waals surface area contributed by atoms with Crippen LogP contribution in [0.1, 0.15) is 0 Å². The summed E-state index contributed by atoms with van der Waals surface area (Å²) < 4.78 is 41.3. The van der Waals surface area contributed by atoms with Crippen LogP contribution in [0.15, 0.2) is 58.7 Å². The molecular formula is C19H19N3O4S2. The Hall–Kier alpha value is -2.65. The molecule has 1 aromatic heterocycles. The molecule has 1 aliphatic rings. The molecule has 0 fully saturated rings. The Balaban J connectivity index is 1.73. The van der Waals surface area contributed by atoms with Gasteiger partial charge in [-0.05, 0) is 18.2 Å². The normalized spacial score (nSPS) is 13.2. The fourth-order valence-electron chi connectivity index (χ4n) is 3.03. The third-order valence-electron chi connectivity index (χ3n) is 4.41. The molecule has 0 bridgehead atoms. The lowest BCUT2D eigenvalue weighted by Crippen LogP contribution is -2.15. The van der Waals surface area contributed by atoms with Gasteiger partial charge in [0.25, 0.3) is 10.0 Å². The number of nitrogens with zero attached hydrogens (tertiary/aromatic N) is 2. The summed E-state index contributed by atoms with van der Waals surface area (Å²) in [5.74, 6) is 1.67. The number of hydrogen-bond acceptors (Lipinski definition) is 6. The lowest BCUT2D eigenvalue weighted by molar-refractivity contribution is 0.392. The molecule has 0 atom stereocenters. The Labute approximate surface area is 167 Å². The summed E-state index contributed by atoms with van der Waals surface area (Å²) in [5.41, 5.74) is 1.91. The Morgan fingerprint density at radius 3 is 2.71 bits per heavy atom. The molecule has 1 N–H and O–H groups in total. The van der Waals surface area contributed by atoms with E-state index in [1.165, 1.54) is 20.3 Å². The van der Waals surface area contributed by atoms with Gasteiger partial charge in [0.15, 0.2) is 5.16 Å². The van der Waals surface area contributed by atoms with Crippen LogP contribution in [0.3, 0.4) is 0 Å². The van der Waals surface area contributed by atoms with E-state index in [0.29, 0.717) is 11.4 Å². The average molecular weight is 418 g/mol. The number of fused-ring (bicyclic) bond motifs is 1. The molecule has 0 saturated carbocycles. The second kappa shape index (κ2) is 7.40. The molecule has 0 amide bonds. The van der Waals surface area contributed by atoms with Gasteiger partial charge in [0.1, 0.15) is 16.4 Å². The van der Waals surface area contributed by atoms with Crippen LogP contribution in [0.25, 0.3) is 11.3 Å². The number of aromatic nitrogens is 2. The Morgan fingerprint density at radius 1 is 1.14 bits per heavy atom. The first-order chi connectivity index (χ1) is 13.5. The molecule has 9 heteroatoms. The van der Waals surface area contributed by atoms with Gasteiger partial charge in [-0.2, -0.15) is 0 Å². The van der Waals surface area contributed by atoms with Gasteiger partial charge >= 0.3 is 0 Å². The highest BCUT2D eigenvalue weighted by Crippen LogP contribution is 2.35. The minimum atomic E-state index is -3.91. The van der Waals surface area contributed by atoms with E-state index in [4.69, 9.17) is 9.47 Å². The van der Waals surface area contributed by atoms with E-state index in [1.807, 2.05) is 18.3 Å². The lowest BCUT2D eigenvalue weighted by atomic mass is 10.1. The van der Waals surface area contributed by atoms with Gasteiger partial charge in [-0.15, -0.1) is 0 Å². The van der Waals surface area contributed by atoms with Gasteiger partial charge in [0.05, 0.1) is 25.6 Å². The van der Waals surface area contributed by atoms with Crippen LogP contribution in [0.5, 0.6) is 11.5 Å². The smallest absolute Gasteiger partial charge is 0.265 e. The van der Waals surface area contributed by atoms with Crippen LogP contribution in [-0.2, 0) is 16.6 Å². The second-order valence-electron chi connectivity index (χ2n) is 6.12. The first-order valence-electron chi connectivity index (χ1n) is 8.56. The number of rotatable bonds is 6. The molecule has 4 rings (SSSR count). The second-order valence-corrected chi connectivity index (χ2v) is 8.83. The van der Waals surface area contributed by atoms with Crippen molar-refractivity contribution in [1.29, 1.82) is 0 Å². The van der Waals surface area contributed by atoms with Crippen LogP contribution in [0.4, 0.5) is 5.69 Å². The molecule has 2 heterocycles. The molecule has 2 aromatic carbocycles. The number of sulfonamides is 1. The number of ether oxygens (including phenoxy) is 2. The number of nitrogens with one attached hydrogen (secondary N) is 1. The van der Waals surface area contributed by atoms with Gasteiger partial charge in [-0.1, -0.05) is 30.0 Å². The molecule has 0 aliphatic carbocycles. The zero-order valence-electron chi connectivity index (χ0n) is 15.4. The van der Waals surface area contributed by atoms with E-state index >= 15 is 0 Å². The van der Waals surface area contributed by atoms with Crippen LogP contribution in [0, 0.1) is 0 Å². The highest BCUT2D eigenvalue weighted by atomic mass is 32.2. The van der Waals surface area contributed by atoms with Crippen molar-refractivity contribution in [2.24, 2.45) is 0 Å². The number of para-hydroxylation sites is 1. The summed E-state index contributed by atoms with van der Waals surface area (Å²) in [4.78, 5) is 4.64. The Kier molecular flexibility index (Phi) is 4.94. The monoisotopic (exact) mass is 417 g/mol. The number of aryl methyl sites for hydroxylation is 1. The number of methoxy groups -OCH3 is 2. The van der Waals surface area contributed by atoms with E-state index in [-0.39, 0.29) is 10.6 Å². The third-order valence-corrected chi connectivity index (χ3v) is 6.77. The van der Waals surface area contributed by atoms with Gasteiger partial charge in [-0.25, -0.2) is 13.4 Å². The molecule has 7 nitrogen and oxygen atoms in total. The maximum absolute atomic E-state index is 13.1. The van der Waals surface area contributed by atoms with Gasteiger partial charge < -0.3 is 14.0 Å². The molecule has 28 heavy (non-hydrogen) atoms. The third kappa shape index (κ3) is 3.43. The van der Waals surface area contributed by atoms with Crippen molar-refractivity contribution in [2.45, 2.75) is 16.6 Å². The van der Waals surface area contributed by atoms with Crippen molar-refractivity contribution in [3.63, 3.8) is 0 Å². The first-order valence-corrected chi connectivity index (χ1v) is 11.0. The minimum absolute atomic E-state index is 0.00652. The van der Waals surface area contributed by atoms with Crippen molar-refractivity contribution in [3.05, 3.63) is 48.7 Å². The van der Waals surface area contributed by atoms with Crippen molar-refractivity contribution in [1.82, 2.24) is 9.55 Å². The van der Waals surface area contributed by atoms with E-state index in [0.717, 1.165) is 28.7 Å². The fourth-order valence-corrected chi connectivity index (χ4v) is 5.24. The molecule has 1 aliphatic heterocycles. The summed E-state index contributed by atoms with van der Waals surface area (Å²) >= 11 is 1.69. The standard InChI is InChI=1S/C19H19N3O4S2/c1-25-13-7-8-17(26-2)18(11-13)28(23,24)21-15-6-4-3-5-14(15)16-12-22-9-10-27-19(22)20-16/h3-8,11-12,21H,9-10H2,1-2H3. The van der Waals surface area contributed by atoms with Crippen molar-refractivity contribution in [2.75, 3.05) is 24.7 Å².